The summed E-state index contributed by atoms with van der Waals surface area (Å²) in [4.78, 5) is 0. The maximum atomic E-state index is 12.3. The summed E-state index contributed by atoms with van der Waals surface area (Å²) < 4.78 is 36.8. The molecule has 15 heavy (non-hydrogen) atoms. The Morgan fingerprint density at radius 1 is 1.40 bits per heavy atom. The Bertz CT molecular complexity index is 383. The Hall–Kier alpha value is -0.460. The van der Waals surface area contributed by atoms with E-state index in [-0.39, 0.29) is 9.50 Å². The summed E-state index contributed by atoms with van der Waals surface area (Å²) in [6.45, 7) is 0. The SMILES string of the molecule is N[C@H](c1ccc(Cl)c(Br)c1O)C(F)(F)F. The average Bonchev–Trinajstić information content (AvgIpc) is 2.12. The normalized spacial score (nSPS) is 14.0. The van der Waals surface area contributed by atoms with Gasteiger partial charge in [-0.15, -0.1) is 0 Å². The van der Waals surface area contributed by atoms with Gasteiger partial charge in [0.05, 0.1) is 9.50 Å². The van der Waals surface area contributed by atoms with Crippen LogP contribution < -0.4 is 5.73 Å². The van der Waals surface area contributed by atoms with Crippen molar-refractivity contribution in [2.45, 2.75) is 12.2 Å². The van der Waals surface area contributed by atoms with Gasteiger partial charge in [-0.05, 0) is 22.0 Å². The third-order valence-corrected chi connectivity index (χ3v) is 3.13. The van der Waals surface area contributed by atoms with E-state index in [2.05, 4.69) is 15.9 Å². The van der Waals surface area contributed by atoms with Gasteiger partial charge in [-0.3, -0.25) is 0 Å². The summed E-state index contributed by atoms with van der Waals surface area (Å²) in [6.07, 6.45) is -4.61. The highest BCUT2D eigenvalue weighted by atomic mass is 79.9. The van der Waals surface area contributed by atoms with Crippen LogP contribution in [0.15, 0.2) is 16.6 Å². The van der Waals surface area contributed by atoms with E-state index < -0.39 is 23.5 Å². The molecule has 0 aromatic heterocycles. The number of phenols is 1. The molecule has 84 valence electrons. The topological polar surface area (TPSA) is 46.2 Å². The maximum absolute atomic E-state index is 12.3. The second kappa shape index (κ2) is 4.19. The highest BCUT2D eigenvalue weighted by Gasteiger charge is 2.39. The number of aromatic hydroxyl groups is 1. The summed E-state index contributed by atoms with van der Waals surface area (Å²) >= 11 is 8.44. The Kier molecular flexibility index (Phi) is 3.52. The Balaban J connectivity index is 3.23. The number of benzene rings is 1. The van der Waals surface area contributed by atoms with Crippen LogP contribution in [0, 0.1) is 0 Å². The fourth-order valence-corrected chi connectivity index (χ4v) is 1.50. The molecule has 0 aliphatic carbocycles. The van der Waals surface area contributed by atoms with Crippen LogP contribution in [0.25, 0.3) is 0 Å². The molecule has 1 aromatic rings. The smallest absolute Gasteiger partial charge is 0.407 e. The molecule has 0 fully saturated rings. The van der Waals surface area contributed by atoms with Crippen LogP contribution in [0.5, 0.6) is 5.75 Å². The lowest BCUT2D eigenvalue weighted by molar-refractivity contribution is -0.149. The molecular formula is C8H6BrClF3NO. The van der Waals surface area contributed by atoms with Gasteiger partial charge in [0.15, 0.2) is 0 Å². The van der Waals surface area contributed by atoms with Gasteiger partial charge < -0.3 is 10.8 Å². The Morgan fingerprint density at radius 2 is 1.93 bits per heavy atom. The van der Waals surface area contributed by atoms with Crippen molar-refractivity contribution in [1.29, 1.82) is 0 Å². The van der Waals surface area contributed by atoms with Gasteiger partial charge in [-0.25, -0.2) is 0 Å². The molecule has 0 heterocycles. The Labute approximate surface area is 97.0 Å². The first-order chi connectivity index (χ1) is 6.75. The zero-order valence-electron chi connectivity index (χ0n) is 7.15. The molecule has 2 nitrogen and oxygen atoms in total. The van der Waals surface area contributed by atoms with E-state index >= 15 is 0 Å². The minimum atomic E-state index is -4.61. The van der Waals surface area contributed by atoms with Crippen molar-refractivity contribution in [2.24, 2.45) is 5.73 Å². The van der Waals surface area contributed by atoms with Gasteiger partial charge >= 0.3 is 6.18 Å². The van der Waals surface area contributed by atoms with Crippen molar-refractivity contribution < 1.29 is 18.3 Å². The third kappa shape index (κ3) is 2.56. The molecule has 0 aliphatic heterocycles. The molecule has 0 aliphatic rings. The molecular weight excluding hydrogens is 298 g/mol. The zero-order valence-corrected chi connectivity index (χ0v) is 9.49. The van der Waals surface area contributed by atoms with Gasteiger partial charge in [-0.2, -0.15) is 13.2 Å². The number of rotatable bonds is 1. The largest absolute Gasteiger partial charge is 0.506 e. The van der Waals surface area contributed by atoms with Crippen LogP contribution >= 0.6 is 27.5 Å². The lowest BCUT2D eigenvalue weighted by Crippen LogP contribution is -2.28. The molecule has 0 radical (unpaired) electrons. The summed E-state index contributed by atoms with van der Waals surface area (Å²) in [5, 5.41) is 9.52. The van der Waals surface area contributed by atoms with Crippen molar-refractivity contribution in [3.63, 3.8) is 0 Å². The Morgan fingerprint density at radius 3 is 2.40 bits per heavy atom. The first kappa shape index (κ1) is 12.6. The monoisotopic (exact) mass is 303 g/mol. The van der Waals surface area contributed by atoms with Gasteiger partial charge in [0.25, 0.3) is 0 Å². The van der Waals surface area contributed by atoms with E-state index in [9.17, 15) is 18.3 Å². The molecule has 3 N–H and O–H groups in total. The van der Waals surface area contributed by atoms with Crippen molar-refractivity contribution in [3.05, 3.63) is 27.2 Å². The average molecular weight is 304 g/mol. The van der Waals surface area contributed by atoms with Gasteiger partial charge in [0.2, 0.25) is 0 Å². The van der Waals surface area contributed by atoms with E-state index in [1.165, 1.54) is 6.07 Å². The standard InChI is InChI=1S/C8H6BrClF3NO/c9-5-4(10)2-1-3(6(5)15)7(14)8(11,12)13/h1-2,7,15H,14H2/t7-/m1/s1. The van der Waals surface area contributed by atoms with E-state index in [1.807, 2.05) is 0 Å². The van der Waals surface area contributed by atoms with Crippen LogP contribution in [-0.4, -0.2) is 11.3 Å². The number of alkyl halides is 3. The lowest BCUT2D eigenvalue weighted by Gasteiger charge is -2.17. The third-order valence-electron chi connectivity index (χ3n) is 1.79. The minimum absolute atomic E-state index is 0.00127. The van der Waals surface area contributed by atoms with Gasteiger partial charge in [0, 0.05) is 5.56 Å². The number of phenolic OH excluding ortho intramolecular Hbond substituents is 1. The van der Waals surface area contributed by atoms with Crippen molar-refractivity contribution in [3.8, 4) is 5.75 Å². The number of nitrogens with two attached hydrogens (primary N) is 1. The molecule has 0 amide bonds. The summed E-state index contributed by atoms with van der Waals surface area (Å²) in [6, 6.07) is 0.0402. The van der Waals surface area contributed by atoms with Crippen molar-refractivity contribution in [2.75, 3.05) is 0 Å². The quantitative estimate of drug-likeness (QED) is 0.835. The molecule has 0 saturated heterocycles. The fraction of sp³-hybridized carbons (Fsp3) is 0.250. The van der Waals surface area contributed by atoms with Crippen LogP contribution in [0.2, 0.25) is 5.02 Å². The molecule has 0 spiro atoms. The highest BCUT2D eigenvalue weighted by molar-refractivity contribution is 9.10. The predicted octanol–water partition coefficient (Wildman–Crippen LogP) is 3.37. The molecule has 1 atom stereocenters. The lowest BCUT2D eigenvalue weighted by atomic mass is 10.1. The van der Waals surface area contributed by atoms with Crippen molar-refractivity contribution in [1.82, 2.24) is 0 Å². The van der Waals surface area contributed by atoms with E-state index in [0.29, 0.717) is 0 Å². The molecule has 0 saturated carbocycles. The molecule has 1 rings (SSSR count). The molecule has 1 aromatic carbocycles. The van der Waals surface area contributed by atoms with E-state index in [0.717, 1.165) is 6.07 Å². The van der Waals surface area contributed by atoms with Gasteiger partial charge in [-0.1, -0.05) is 17.7 Å². The number of halogens is 5. The van der Waals surface area contributed by atoms with E-state index in [1.54, 1.807) is 0 Å². The fourth-order valence-electron chi connectivity index (χ4n) is 0.982. The zero-order chi connectivity index (χ0) is 11.8. The first-order valence-electron chi connectivity index (χ1n) is 3.74. The molecule has 7 heteroatoms. The molecule has 0 unspecified atom stereocenters. The second-order valence-electron chi connectivity index (χ2n) is 2.82. The highest BCUT2D eigenvalue weighted by Crippen LogP contribution is 2.41. The molecule has 0 bridgehead atoms. The van der Waals surface area contributed by atoms with Crippen LogP contribution in [-0.2, 0) is 0 Å². The first-order valence-corrected chi connectivity index (χ1v) is 4.91. The predicted molar refractivity (Wildman–Crippen MR) is 53.8 cm³/mol. The van der Waals surface area contributed by atoms with Crippen LogP contribution in [0.1, 0.15) is 11.6 Å². The number of hydrogen-bond acceptors (Lipinski definition) is 2. The second-order valence-corrected chi connectivity index (χ2v) is 4.02. The van der Waals surface area contributed by atoms with Gasteiger partial charge in [0.1, 0.15) is 11.8 Å². The minimum Gasteiger partial charge on any atom is -0.506 e. The number of hydrogen-bond donors (Lipinski definition) is 2. The van der Waals surface area contributed by atoms with Crippen LogP contribution in [0.4, 0.5) is 13.2 Å². The summed E-state index contributed by atoms with van der Waals surface area (Å²) in [7, 11) is 0. The maximum Gasteiger partial charge on any atom is 0.407 e. The van der Waals surface area contributed by atoms with E-state index in [4.69, 9.17) is 17.3 Å². The summed E-state index contributed by atoms with van der Waals surface area (Å²) in [5.41, 5.74) is 4.53. The van der Waals surface area contributed by atoms with Crippen LogP contribution in [0.3, 0.4) is 0 Å². The summed E-state index contributed by atoms with van der Waals surface area (Å²) in [5.74, 6) is -0.590. The van der Waals surface area contributed by atoms with Crippen molar-refractivity contribution >= 4 is 27.5 Å².